The van der Waals surface area contributed by atoms with Crippen LogP contribution >= 0.6 is 35.0 Å². The summed E-state index contributed by atoms with van der Waals surface area (Å²) in [6, 6.07) is 1.82. The van der Waals surface area contributed by atoms with Crippen molar-refractivity contribution < 1.29 is 9.53 Å². The third kappa shape index (κ3) is 4.03. The molecule has 0 amide bonds. The summed E-state index contributed by atoms with van der Waals surface area (Å²) in [4.78, 5) is 15.6. The van der Waals surface area contributed by atoms with Crippen molar-refractivity contribution in [2.75, 3.05) is 12.9 Å². The number of pyridine rings is 1. The van der Waals surface area contributed by atoms with E-state index < -0.39 is 0 Å². The Labute approximate surface area is 133 Å². The molecule has 1 heterocycles. The number of methoxy groups -OCH3 is 1. The van der Waals surface area contributed by atoms with Gasteiger partial charge in [0.15, 0.2) is 0 Å². The zero-order valence-electron chi connectivity index (χ0n) is 11.5. The molecule has 1 aromatic heterocycles. The zero-order valence-corrected chi connectivity index (χ0v) is 13.9. The smallest absolute Gasteiger partial charge is 0.306 e. The minimum Gasteiger partial charge on any atom is -0.469 e. The SMILES string of the molecule is COC(=O)CC1(CSCc2c(Cl)cc(C)nc2Cl)CC1. The standard InChI is InChI=1S/C14H17Cl2NO2S/c1-9-5-11(15)10(13(16)17-9)7-20-8-14(3-4-14)6-12(18)19-2/h5H,3-4,6-8H2,1-2H3. The fraction of sp³-hybridized carbons (Fsp3) is 0.571. The van der Waals surface area contributed by atoms with Crippen molar-refractivity contribution in [3.05, 3.63) is 27.5 Å². The molecule has 0 spiro atoms. The summed E-state index contributed by atoms with van der Waals surface area (Å²) in [6.07, 6.45) is 2.68. The lowest BCUT2D eigenvalue weighted by molar-refractivity contribution is -0.141. The molecule has 0 atom stereocenters. The van der Waals surface area contributed by atoms with Crippen LogP contribution in [0, 0.1) is 12.3 Å². The maximum atomic E-state index is 11.4. The first kappa shape index (κ1) is 15.9. The van der Waals surface area contributed by atoms with Gasteiger partial charge < -0.3 is 4.74 Å². The quantitative estimate of drug-likeness (QED) is 0.575. The highest BCUT2D eigenvalue weighted by Gasteiger charge is 2.44. The number of rotatable bonds is 6. The molecule has 1 saturated carbocycles. The molecule has 0 N–H and O–H groups in total. The Morgan fingerprint density at radius 1 is 1.50 bits per heavy atom. The van der Waals surface area contributed by atoms with Gasteiger partial charge in [-0.1, -0.05) is 23.2 Å². The van der Waals surface area contributed by atoms with Crippen molar-refractivity contribution in [3.63, 3.8) is 0 Å². The number of ether oxygens (including phenoxy) is 1. The van der Waals surface area contributed by atoms with Gasteiger partial charge in [-0.3, -0.25) is 4.79 Å². The van der Waals surface area contributed by atoms with E-state index in [-0.39, 0.29) is 11.4 Å². The normalized spacial score (nSPS) is 16.0. The van der Waals surface area contributed by atoms with Crippen LogP contribution in [0.3, 0.4) is 0 Å². The second kappa shape index (κ2) is 6.54. The number of nitrogens with zero attached hydrogens (tertiary/aromatic N) is 1. The predicted molar refractivity (Wildman–Crippen MR) is 83.5 cm³/mol. The molecule has 6 heteroatoms. The Morgan fingerprint density at radius 2 is 2.20 bits per heavy atom. The second-order valence-electron chi connectivity index (χ2n) is 5.26. The van der Waals surface area contributed by atoms with Gasteiger partial charge in [0.1, 0.15) is 5.15 Å². The van der Waals surface area contributed by atoms with Gasteiger partial charge in [0.25, 0.3) is 0 Å². The van der Waals surface area contributed by atoms with Crippen LogP contribution in [0.4, 0.5) is 0 Å². The number of halogens is 2. The summed E-state index contributed by atoms with van der Waals surface area (Å²) < 4.78 is 4.74. The third-order valence-corrected chi connectivity index (χ3v) is 5.47. The van der Waals surface area contributed by atoms with Crippen LogP contribution in [0.5, 0.6) is 0 Å². The molecule has 0 radical (unpaired) electrons. The predicted octanol–water partition coefficient (Wildman–Crippen LogP) is 4.27. The van der Waals surface area contributed by atoms with Crippen molar-refractivity contribution >= 4 is 40.9 Å². The van der Waals surface area contributed by atoms with Gasteiger partial charge in [-0.2, -0.15) is 11.8 Å². The second-order valence-corrected chi connectivity index (χ2v) is 7.01. The van der Waals surface area contributed by atoms with Crippen LogP contribution in [0.1, 0.15) is 30.5 Å². The summed E-state index contributed by atoms with van der Waals surface area (Å²) >= 11 is 14.1. The summed E-state index contributed by atoms with van der Waals surface area (Å²) in [5.74, 6) is 1.51. The fourth-order valence-corrected chi connectivity index (χ4v) is 4.29. The molecule has 0 bridgehead atoms. The van der Waals surface area contributed by atoms with E-state index in [0.717, 1.165) is 29.9 Å². The van der Waals surface area contributed by atoms with Gasteiger partial charge in [-0.05, 0) is 37.0 Å². The maximum absolute atomic E-state index is 11.4. The van der Waals surface area contributed by atoms with E-state index in [1.807, 2.05) is 13.0 Å². The number of esters is 1. The fourth-order valence-electron chi connectivity index (χ4n) is 2.05. The molecule has 0 unspecified atom stereocenters. The first-order valence-corrected chi connectivity index (χ1v) is 8.33. The Balaban J connectivity index is 1.89. The van der Waals surface area contributed by atoms with Crippen molar-refractivity contribution in [1.82, 2.24) is 4.98 Å². The third-order valence-electron chi connectivity index (χ3n) is 3.51. The number of aromatic nitrogens is 1. The summed E-state index contributed by atoms with van der Waals surface area (Å²) in [5.41, 5.74) is 1.81. The Hall–Kier alpha value is -0.450. The minimum atomic E-state index is -0.129. The van der Waals surface area contributed by atoms with E-state index >= 15 is 0 Å². The zero-order chi connectivity index (χ0) is 14.8. The number of aryl methyl sites for hydroxylation is 1. The number of hydrogen-bond donors (Lipinski definition) is 0. The van der Waals surface area contributed by atoms with E-state index in [9.17, 15) is 4.79 Å². The molecular formula is C14H17Cl2NO2S. The van der Waals surface area contributed by atoms with E-state index in [4.69, 9.17) is 27.9 Å². The molecule has 1 aliphatic rings. The first-order chi connectivity index (χ1) is 9.46. The molecule has 20 heavy (non-hydrogen) atoms. The number of carbonyl (C=O) groups is 1. The van der Waals surface area contributed by atoms with Crippen LogP contribution in [-0.2, 0) is 15.3 Å². The van der Waals surface area contributed by atoms with Gasteiger partial charge in [-0.15, -0.1) is 0 Å². The van der Waals surface area contributed by atoms with E-state index in [2.05, 4.69) is 4.98 Å². The lowest BCUT2D eigenvalue weighted by atomic mass is 10.1. The van der Waals surface area contributed by atoms with Gasteiger partial charge in [0.05, 0.1) is 13.5 Å². The molecule has 1 fully saturated rings. The Bertz CT molecular complexity index is 495. The van der Waals surface area contributed by atoms with E-state index in [1.165, 1.54) is 7.11 Å². The highest BCUT2D eigenvalue weighted by molar-refractivity contribution is 7.98. The average Bonchev–Trinajstić information content (AvgIpc) is 3.12. The highest BCUT2D eigenvalue weighted by Crippen LogP contribution is 2.51. The lowest BCUT2D eigenvalue weighted by Crippen LogP contribution is -2.13. The van der Waals surface area contributed by atoms with Crippen molar-refractivity contribution in [2.24, 2.45) is 5.41 Å². The molecule has 0 aliphatic heterocycles. The van der Waals surface area contributed by atoms with Gasteiger partial charge >= 0.3 is 5.97 Å². The lowest BCUT2D eigenvalue weighted by Gasteiger charge is -2.14. The van der Waals surface area contributed by atoms with E-state index in [0.29, 0.717) is 22.3 Å². The minimum absolute atomic E-state index is 0.120. The molecular weight excluding hydrogens is 317 g/mol. The molecule has 0 saturated heterocycles. The topological polar surface area (TPSA) is 39.2 Å². The van der Waals surface area contributed by atoms with Gasteiger partial charge in [-0.25, -0.2) is 4.98 Å². The number of hydrogen-bond acceptors (Lipinski definition) is 4. The largest absolute Gasteiger partial charge is 0.469 e. The summed E-state index contributed by atoms with van der Waals surface area (Å²) in [7, 11) is 1.43. The maximum Gasteiger partial charge on any atom is 0.306 e. The van der Waals surface area contributed by atoms with Crippen molar-refractivity contribution in [2.45, 2.75) is 31.9 Å². The molecule has 1 aliphatic carbocycles. The number of carbonyl (C=O) groups excluding carboxylic acids is 1. The van der Waals surface area contributed by atoms with Crippen LogP contribution < -0.4 is 0 Å². The molecule has 3 nitrogen and oxygen atoms in total. The monoisotopic (exact) mass is 333 g/mol. The van der Waals surface area contributed by atoms with Gasteiger partial charge in [0.2, 0.25) is 0 Å². The Kier molecular flexibility index (Phi) is 5.21. The van der Waals surface area contributed by atoms with Crippen LogP contribution in [0.2, 0.25) is 10.2 Å². The van der Waals surface area contributed by atoms with Crippen LogP contribution in [0.15, 0.2) is 6.07 Å². The number of thioether (sulfide) groups is 1. The molecule has 2 rings (SSSR count). The Morgan fingerprint density at radius 3 is 2.75 bits per heavy atom. The molecule has 110 valence electrons. The van der Waals surface area contributed by atoms with Gasteiger partial charge in [0, 0.05) is 22.0 Å². The average molecular weight is 334 g/mol. The van der Waals surface area contributed by atoms with Crippen molar-refractivity contribution in [1.29, 1.82) is 0 Å². The van der Waals surface area contributed by atoms with Crippen LogP contribution in [0.25, 0.3) is 0 Å². The molecule has 1 aromatic rings. The first-order valence-electron chi connectivity index (χ1n) is 6.42. The van der Waals surface area contributed by atoms with Crippen LogP contribution in [-0.4, -0.2) is 23.8 Å². The van der Waals surface area contributed by atoms with Crippen molar-refractivity contribution in [3.8, 4) is 0 Å². The highest BCUT2D eigenvalue weighted by atomic mass is 35.5. The van der Waals surface area contributed by atoms with E-state index in [1.54, 1.807) is 11.8 Å². The molecule has 0 aromatic carbocycles. The summed E-state index contributed by atoms with van der Waals surface area (Å²) in [6.45, 7) is 1.87. The summed E-state index contributed by atoms with van der Waals surface area (Å²) in [5, 5.41) is 1.13.